The number of nitrogens with one attached hydrogen (secondary N) is 3. The van der Waals surface area contributed by atoms with Crippen LogP contribution in [-0.2, 0) is 9.53 Å². The smallest absolute Gasteiger partial charge is 0.475 e. The number of hydrogen-bond acceptors (Lipinski definition) is 4. The number of methoxy groups -OCH3 is 1. The SMILES string of the molecule is COCCCNC(=O)Nc1cc(Cl)cc2c1[nH]c1cnccc12.O=C(O)C(F)(F)F. The number of amides is 2. The van der Waals surface area contributed by atoms with E-state index >= 15 is 0 Å². The maximum absolute atomic E-state index is 12.0. The van der Waals surface area contributed by atoms with Crippen LogP contribution in [0.5, 0.6) is 0 Å². The zero-order valence-electron chi connectivity index (χ0n) is 15.6. The molecule has 3 aromatic rings. The molecule has 0 saturated heterocycles. The standard InChI is InChI=1S/C16H17ClN4O2.C2HF3O2/c1-23-6-2-4-19-16(22)21-13-8-10(17)7-12-11-3-5-18-9-14(11)20-15(12)13;3-2(4,5)1(6)7/h3,5,7-9,20H,2,4,6H2,1H3,(H2,19,21,22);(H,6,7). The van der Waals surface area contributed by atoms with Crippen LogP contribution in [0.15, 0.2) is 30.6 Å². The van der Waals surface area contributed by atoms with E-state index in [-0.39, 0.29) is 6.03 Å². The third-order valence-electron chi connectivity index (χ3n) is 3.78. The van der Waals surface area contributed by atoms with Crippen molar-refractivity contribution in [1.29, 1.82) is 0 Å². The van der Waals surface area contributed by atoms with Crippen molar-refractivity contribution in [2.75, 3.05) is 25.6 Å². The molecule has 162 valence electrons. The average molecular weight is 447 g/mol. The number of nitrogens with zero attached hydrogens (tertiary/aromatic N) is 1. The van der Waals surface area contributed by atoms with Crippen LogP contribution in [0.4, 0.5) is 23.7 Å². The van der Waals surface area contributed by atoms with Gasteiger partial charge in [-0.25, -0.2) is 9.59 Å². The molecule has 0 bridgehead atoms. The summed E-state index contributed by atoms with van der Waals surface area (Å²) in [7, 11) is 1.63. The number of carboxylic acid groups (broad SMARTS) is 1. The van der Waals surface area contributed by atoms with Gasteiger partial charge in [0.05, 0.1) is 22.9 Å². The number of carbonyl (C=O) groups is 2. The quantitative estimate of drug-likeness (QED) is 0.439. The van der Waals surface area contributed by atoms with Crippen molar-refractivity contribution in [2.24, 2.45) is 0 Å². The molecule has 0 unspecified atom stereocenters. The Morgan fingerprint density at radius 1 is 1.30 bits per heavy atom. The van der Waals surface area contributed by atoms with Gasteiger partial charge in [-0.15, -0.1) is 0 Å². The summed E-state index contributed by atoms with van der Waals surface area (Å²) in [6.07, 6.45) is -0.850. The number of halogens is 4. The molecule has 0 spiro atoms. The summed E-state index contributed by atoms with van der Waals surface area (Å²) in [6.45, 7) is 1.15. The number of benzene rings is 1. The van der Waals surface area contributed by atoms with Gasteiger partial charge < -0.3 is 25.5 Å². The van der Waals surface area contributed by atoms with Gasteiger partial charge in [-0.05, 0) is 24.6 Å². The van der Waals surface area contributed by atoms with Gasteiger partial charge in [0.15, 0.2) is 0 Å². The molecule has 0 aliphatic heterocycles. The summed E-state index contributed by atoms with van der Waals surface area (Å²) in [5.74, 6) is -2.76. The van der Waals surface area contributed by atoms with Gasteiger partial charge in [0.1, 0.15) is 0 Å². The van der Waals surface area contributed by atoms with Crippen LogP contribution in [-0.4, -0.2) is 53.5 Å². The zero-order valence-corrected chi connectivity index (χ0v) is 16.4. The lowest BCUT2D eigenvalue weighted by molar-refractivity contribution is -0.192. The second-order valence-corrected chi connectivity index (χ2v) is 6.39. The van der Waals surface area contributed by atoms with Crippen molar-refractivity contribution in [3.05, 3.63) is 35.6 Å². The van der Waals surface area contributed by atoms with Gasteiger partial charge in [0.2, 0.25) is 0 Å². The van der Waals surface area contributed by atoms with Gasteiger partial charge in [0.25, 0.3) is 0 Å². The van der Waals surface area contributed by atoms with Crippen LogP contribution in [0.2, 0.25) is 5.02 Å². The number of aliphatic carboxylic acids is 1. The number of carbonyl (C=O) groups excluding carboxylic acids is 1. The Bertz CT molecular complexity index is 1040. The number of rotatable bonds is 5. The minimum absolute atomic E-state index is 0.276. The maximum atomic E-state index is 12.0. The van der Waals surface area contributed by atoms with E-state index in [4.69, 9.17) is 26.2 Å². The van der Waals surface area contributed by atoms with Crippen LogP contribution >= 0.6 is 11.6 Å². The lowest BCUT2D eigenvalue weighted by atomic mass is 10.1. The fourth-order valence-corrected chi connectivity index (χ4v) is 2.72. The number of urea groups is 1. The third kappa shape index (κ3) is 6.22. The Hall–Kier alpha value is -3.05. The Kier molecular flexibility index (Phi) is 7.84. The number of fused-ring (bicyclic) bond motifs is 3. The predicted octanol–water partition coefficient (Wildman–Crippen LogP) is 4.16. The molecule has 1 aromatic carbocycles. The lowest BCUT2D eigenvalue weighted by Gasteiger charge is -2.09. The van der Waals surface area contributed by atoms with Crippen LogP contribution in [0, 0.1) is 0 Å². The molecule has 4 N–H and O–H groups in total. The number of alkyl halides is 3. The highest BCUT2D eigenvalue weighted by molar-refractivity contribution is 6.32. The van der Waals surface area contributed by atoms with E-state index in [9.17, 15) is 18.0 Å². The van der Waals surface area contributed by atoms with Crippen molar-refractivity contribution >= 4 is 51.1 Å². The molecule has 12 heteroatoms. The van der Waals surface area contributed by atoms with E-state index in [1.807, 2.05) is 12.1 Å². The molecule has 0 aliphatic carbocycles. The lowest BCUT2D eigenvalue weighted by Crippen LogP contribution is -2.30. The molecule has 30 heavy (non-hydrogen) atoms. The van der Waals surface area contributed by atoms with Crippen LogP contribution in [0.25, 0.3) is 21.8 Å². The molecular formula is C18H18ClF3N4O4. The van der Waals surface area contributed by atoms with E-state index in [1.54, 1.807) is 25.6 Å². The second kappa shape index (κ2) is 10.1. The van der Waals surface area contributed by atoms with Crippen molar-refractivity contribution in [2.45, 2.75) is 12.6 Å². The van der Waals surface area contributed by atoms with Gasteiger partial charge in [-0.3, -0.25) is 4.98 Å². The molecule has 2 heterocycles. The second-order valence-electron chi connectivity index (χ2n) is 5.95. The minimum atomic E-state index is -5.08. The Balaban J connectivity index is 0.000000396. The number of pyridine rings is 1. The van der Waals surface area contributed by atoms with E-state index in [1.165, 1.54) is 0 Å². The number of H-pyrrole nitrogens is 1. The Morgan fingerprint density at radius 2 is 2.00 bits per heavy atom. The Morgan fingerprint density at radius 3 is 2.63 bits per heavy atom. The van der Waals surface area contributed by atoms with E-state index in [2.05, 4.69) is 20.6 Å². The molecule has 0 aliphatic rings. The van der Waals surface area contributed by atoms with Gasteiger partial charge in [-0.2, -0.15) is 13.2 Å². The molecule has 0 fully saturated rings. The molecular weight excluding hydrogens is 429 g/mol. The average Bonchev–Trinajstić information content (AvgIpc) is 3.04. The first-order valence-corrected chi connectivity index (χ1v) is 8.90. The number of carboxylic acids is 1. The molecule has 0 atom stereocenters. The monoisotopic (exact) mass is 446 g/mol. The molecule has 2 aromatic heterocycles. The van der Waals surface area contributed by atoms with Crippen molar-refractivity contribution in [3.8, 4) is 0 Å². The highest BCUT2D eigenvalue weighted by atomic mass is 35.5. The summed E-state index contributed by atoms with van der Waals surface area (Å²) in [6, 6.07) is 5.24. The molecule has 8 nitrogen and oxygen atoms in total. The summed E-state index contributed by atoms with van der Waals surface area (Å²) >= 11 is 6.19. The molecule has 3 rings (SSSR count). The van der Waals surface area contributed by atoms with Crippen molar-refractivity contribution in [1.82, 2.24) is 15.3 Å². The third-order valence-corrected chi connectivity index (χ3v) is 3.99. The number of hydrogen-bond donors (Lipinski definition) is 4. The molecule has 2 amide bonds. The number of aromatic nitrogens is 2. The zero-order chi connectivity index (χ0) is 22.3. The maximum Gasteiger partial charge on any atom is 0.490 e. The highest BCUT2D eigenvalue weighted by Crippen LogP contribution is 2.33. The van der Waals surface area contributed by atoms with Crippen LogP contribution in [0.1, 0.15) is 6.42 Å². The van der Waals surface area contributed by atoms with Crippen molar-refractivity contribution < 1.29 is 32.6 Å². The van der Waals surface area contributed by atoms with Crippen LogP contribution in [0.3, 0.4) is 0 Å². The Labute approximate surface area is 173 Å². The van der Waals surface area contributed by atoms with Crippen LogP contribution < -0.4 is 10.6 Å². The van der Waals surface area contributed by atoms with E-state index in [0.29, 0.717) is 23.9 Å². The first-order valence-electron chi connectivity index (χ1n) is 8.52. The van der Waals surface area contributed by atoms with Gasteiger partial charge in [0, 0.05) is 42.3 Å². The molecule has 0 saturated carbocycles. The summed E-state index contributed by atoms with van der Waals surface area (Å²) in [5, 5.41) is 15.3. The van der Waals surface area contributed by atoms with Gasteiger partial charge >= 0.3 is 18.2 Å². The van der Waals surface area contributed by atoms with E-state index in [0.717, 1.165) is 28.2 Å². The summed E-state index contributed by atoms with van der Waals surface area (Å²) in [5.41, 5.74) is 2.35. The minimum Gasteiger partial charge on any atom is -0.475 e. The summed E-state index contributed by atoms with van der Waals surface area (Å²) in [4.78, 5) is 28.3. The normalized spacial score (nSPS) is 11.1. The number of ether oxygens (including phenoxy) is 1. The molecule has 0 radical (unpaired) electrons. The first kappa shape index (κ1) is 23.2. The van der Waals surface area contributed by atoms with Crippen molar-refractivity contribution in [3.63, 3.8) is 0 Å². The van der Waals surface area contributed by atoms with E-state index < -0.39 is 12.1 Å². The largest absolute Gasteiger partial charge is 0.490 e. The topological polar surface area (TPSA) is 116 Å². The first-order chi connectivity index (χ1) is 14.1. The highest BCUT2D eigenvalue weighted by Gasteiger charge is 2.38. The fraction of sp³-hybridized carbons (Fsp3) is 0.278. The fourth-order valence-electron chi connectivity index (χ4n) is 2.50. The summed E-state index contributed by atoms with van der Waals surface area (Å²) < 4.78 is 36.7. The van der Waals surface area contributed by atoms with Gasteiger partial charge in [-0.1, -0.05) is 11.6 Å². The predicted molar refractivity (Wildman–Crippen MR) is 106 cm³/mol. The number of aromatic amines is 1. The number of anilines is 1.